The van der Waals surface area contributed by atoms with E-state index in [1.54, 1.807) is 13.1 Å². The zero-order valence-electron chi connectivity index (χ0n) is 12.6. The van der Waals surface area contributed by atoms with Crippen LogP contribution in [0, 0.1) is 0 Å². The van der Waals surface area contributed by atoms with Crippen molar-refractivity contribution < 1.29 is 9.53 Å². The summed E-state index contributed by atoms with van der Waals surface area (Å²) >= 11 is 0. The Morgan fingerprint density at radius 3 is 2.87 bits per heavy atom. The maximum atomic E-state index is 11.3. The smallest absolute Gasteiger partial charge is 0.321 e. The predicted octanol–water partition coefficient (Wildman–Crippen LogP) is 3.75. The Kier molecular flexibility index (Phi) is 3.97. The standard InChI is InChI=1S/C17H16N4O2/c1-3-11-5-4-6-12(9-11)23-13-7-8-14-15(10-13)20-16(19-14)21-17(22)18-2/h3-10H,1H2,2H3,(H3,18,19,20,21,22). The van der Waals surface area contributed by atoms with E-state index in [1.807, 2.05) is 42.5 Å². The molecule has 0 spiro atoms. The highest BCUT2D eigenvalue weighted by Crippen LogP contribution is 2.26. The third-order valence-electron chi connectivity index (χ3n) is 3.24. The van der Waals surface area contributed by atoms with Gasteiger partial charge in [-0.05, 0) is 29.8 Å². The molecule has 3 N–H and O–H groups in total. The highest BCUT2D eigenvalue weighted by Gasteiger charge is 2.07. The number of nitrogens with one attached hydrogen (secondary N) is 3. The van der Waals surface area contributed by atoms with E-state index < -0.39 is 0 Å². The summed E-state index contributed by atoms with van der Waals surface area (Å²) in [6.07, 6.45) is 1.77. The van der Waals surface area contributed by atoms with Crippen molar-refractivity contribution in [3.63, 3.8) is 0 Å². The monoisotopic (exact) mass is 308 g/mol. The van der Waals surface area contributed by atoms with Gasteiger partial charge in [0.1, 0.15) is 11.5 Å². The SMILES string of the molecule is C=Cc1cccc(Oc2ccc3nc(NC(=O)NC)[nH]c3c2)c1. The van der Waals surface area contributed by atoms with Crippen molar-refractivity contribution in [3.8, 4) is 11.5 Å². The Bertz CT molecular complexity index is 870. The second kappa shape index (κ2) is 6.23. The number of aromatic amines is 1. The lowest BCUT2D eigenvalue weighted by atomic mass is 10.2. The largest absolute Gasteiger partial charge is 0.457 e. The molecule has 0 atom stereocenters. The Balaban J connectivity index is 1.84. The molecule has 23 heavy (non-hydrogen) atoms. The van der Waals surface area contributed by atoms with Crippen molar-refractivity contribution in [2.24, 2.45) is 0 Å². The van der Waals surface area contributed by atoms with Crippen molar-refractivity contribution in [2.75, 3.05) is 12.4 Å². The Morgan fingerprint density at radius 2 is 2.09 bits per heavy atom. The van der Waals surface area contributed by atoms with Gasteiger partial charge in [0.15, 0.2) is 0 Å². The molecule has 0 saturated heterocycles. The van der Waals surface area contributed by atoms with Crippen LogP contribution in [0.3, 0.4) is 0 Å². The summed E-state index contributed by atoms with van der Waals surface area (Å²) in [5, 5.41) is 5.07. The van der Waals surface area contributed by atoms with E-state index in [0.29, 0.717) is 11.7 Å². The molecule has 0 fully saturated rings. The van der Waals surface area contributed by atoms with Crippen molar-refractivity contribution >= 4 is 29.1 Å². The first-order valence-electron chi connectivity index (χ1n) is 7.07. The highest BCUT2D eigenvalue weighted by atomic mass is 16.5. The number of aromatic nitrogens is 2. The van der Waals surface area contributed by atoms with Gasteiger partial charge in [-0.25, -0.2) is 9.78 Å². The Labute approximate surface area is 133 Å². The Hall–Kier alpha value is -3.28. The molecule has 1 aromatic heterocycles. The molecule has 0 bridgehead atoms. The lowest BCUT2D eigenvalue weighted by Gasteiger charge is -2.06. The molecular formula is C17H16N4O2. The molecule has 1 heterocycles. The minimum Gasteiger partial charge on any atom is -0.457 e. The van der Waals surface area contributed by atoms with E-state index in [9.17, 15) is 4.79 Å². The van der Waals surface area contributed by atoms with Crippen LogP contribution < -0.4 is 15.4 Å². The summed E-state index contributed by atoms with van der Waals surface area (Å²) < 4.78 is 5.85. The molecule has 0 radical (unpaired) electrons. The number of hydrogen-bond donors (Lipinski definition) is 3. The van der Waals surface area contributed by atoms with E-state index in [0.717, 1.165) is 22.3 Å². The van der Waals surface area contributed by atoms with Crippen molar-refractivity contribution in [3.05, 3.63) is 54.6 Å². The van der Waals surface area contributed by atoms with Gasteiger partial charge in [0.25, 0.3) is 0 Å². The number of amides is 2. The van der Waals surface area contributed by atoms with Crippen LogP contribution in [-0.4, -0.2) is 23.0 Å². The second-order valence-corrected chi connectivity index (χ2v) is 4.85. The molecule has 6 heteroatoms. The zero-order valence-corrected chi connectivity index (χ0v) is 12.6. The van der Waals surface area contributed by atoms with Crippen LogP contribution in [-0.2, 0) is 0 Å². The first kappa shape index (κ1) is 14.6. The maximum absolute atomic E-state index is 11.3. The normalized spacial score (nSPS) is 10.3. The number of urea groups is 1. The van der Waals surface area contributed by atoms with E-state index in [-0.39, 0.29) is 6.03 Å². The first-order chi connectivity index (χ1) is 11.2. The molecule has 2 amide bonds. The quantitative estimate of drug-likeness (QED) is 0.687. The fraction of sp³-hybridized carbons (Fsp3) is 0.0588. The third kappa shape index (κ3) is 3.32. The van der Waals surface area contributed by atoms with Crippen LogP contribution in [0.2, 0.25) is 0 Å². The number of benzene rings is 2. The number of carbonyl (C=O) groups is 1. The van der Waals surface area contributed by atoms with Crippen LogP contribution in [0.4, 0.5) is 10.7 Å². The summed E-state index contributed by atoms with van der Waals surface area (Å²) in [6, 6.07) is 12.8. The molecule has 0 aliphatic carbocycles. The number of nitrogens with zero attached hydrogens (tertiary/aromatic N) is 1. The van der Waals surface area contributed by atoms with Gasteiger partial charge >= 0.3 is 6.03 Å². The molecule has 0 aliphatic heterocycles. The first-order valence-corrected chi connectivity index (χ1v) is 7.07. The summed E-state index contributed by atoms with van der Waals surface area (Å²) in [5.74, 6) is 1.78. The van der Waals surface area contributed by atoms with Gasteiger partial charge in [-0.1, -0.05) is 24.8 Å². The summed E-state index contributed by atoms with van der Waals surface area (Å²) in [5.41, 5.74) is 2.50. The van der Waals surface area contributed by atoms with Crippen LogP contribution in [0.5, 0.6) is 11.5 Å². The predicted molar refractivity (Wildman–Crippen MR) is 90.8 cm³/mol. The molecular weight excluding hydrogens is 292 g/mol. The number of rotatable bonds is 4. The number of imidazole rings is 1. The van der Waals surface area contributed by atoms with E-state index in [2.05, 4.69) is 27.2 Å². The van der Waals surface area contributed by atoms with E-state index in [4.69, 9.17) is 4.74 Å². The van der Waals surface area contributed by atoms with Gasteiger partial charge in [-0.3, -0.25) is 5.32 Å². The highest BCUT2D eigenvalue weighted by molar-refractivity contribution is 5.89. The summed E-state index contributed by atoms with van der Waals surface area (Å²) in [7, 11) is 1.54. The Morgan fingerprint density at radius 1 is 1.26 bits per heavy atom. The summed E-state index contributed by atoms with van der Waals surface area (Å²) in [6.45, 7) is 3.74. The van der Waals surface area contributed by atoms with Gasteiger partial charge < -0.3 is 15.0 Å². The van der Waals surface area contributed by atoms with Gasteiger partial charge in [0.05, 0.1) is 11.0 Å². The number of H-pyrrole nitrogens is 1. The molecule has 0 unspecified atom stereocenters. The average Bonchev–Trinajstić information content (AvgIpc) is 2.96. The average molecular weight is 308 g/mol. The molecule has 3 aromatic rings. The fourth-order valence-corrected chi connectivity index (χ4v) is 2.12. The maximum Gasteiger partial charge on any atom is 0.321 e. The number of fused-ring (bicyclic) bond motifs is 1. The van der Waals surface area contributed by atoms with Crippen LogP contribution in [0.1, 0.15) is 5.56 Å². The minimum atomic E-state index is -0.332. The number of anilines is 1. The number of carbonyl (C=O) groups excluding carboxylic acids is 1. The topological polar surface area (TPSA) is 79.0 Å². The van der Waals surface area contributed by atoms with Gasteiger partial charge in [0, 0.05) is 13.1 Å². The van der Waals surface area contributed by atoms with E-state index >= 15 is 0 Å². The lowest BCUT2D eigenvalue weighted by molar-refractivity contribution is 0.254. The lowest BCUT2D eigenvalue weighted by Crippen LogP contribution is -2.24. The zero-order chi connectivity index (χ0) is 16.2. The molecule has 2 aromatic carbocycles. The molecule has 0 aliphatic rings. The molecule has 3 rings (SSSR count). The minimum absolute atomic E-state index is 0.332. The van der Waals surface area contributed by atoms with Gasteiger partial charge in [0.2, 0.25) is 5.95 Å². The van der Waals surface area contributed by atoms with Crippen molar-refractivity contribution in [1.82, 2.24) is 15.3 Å². The number of hydrogen-bond acceptors (Lipinski definition) is 3. The third-order valence-corrected chi connectivity index (χ3v) is 3.24. The van der Waals surface area contributed by atoms with Crippen LogP contribution in [0.25, 0.3) is 17.1 Å². The van der Waals surface area contributed by atoms with Crippen molar-refractivity contribution in [2.45, 2.75) is 0 Å². The van der Waals surface area contributed by atoms with Crippen LogP contribution in [0.15, 0.2) is 49.0 Å². The molecule has 116 valence electrons. The van der Waals surface area contributed by atoms with Crippen LogP contribution >= 0.6 is 0 Å². The summed E-state index contributed by atoms with van der Waals surface area (Å²) in [4.78, 5) is 18.6. The van der Waals surface area contributed by atoms with E-state index in [1.165, 1.54) is 0 Å². The fourth-order valence-electron chi connectivity index (χ4n) is 2.12. The van der Waals surface area contributed by atoms with Crippen molar-refractivity contribution in [1.29, 1.82) is 0 Å². The van der Waals surface area contributed by atoms with Gasteiger partial charge in [-0.15, -0.1) is 0 Å². The second-order valence-electron chi connectivity index (χ2n) is 4.85. The molecule has 0 saturated carbocycles. The van der Waals surface area contributed by atoms with Gasteiger partial charge in [-0.2, -0.15) is 0 Å². The molecule has 6 nitrogen and oxygen atoms in total. The number of ether oxygens (including phenoxy) is 1.